The lowest BCUT2D eigenvalue weighted by Crippen LogP contribution is -1.95. The first-order valence-electron chi connectivity index (χ1n) is 4.50. The molecule has 2 heterocycles. The molecule has 0 aliphatic rings. The van der Waals surface area contributed by atoms with Gasteiger partial charge in [0, 0.05) is 12.3 Å². The van der Waals surface area contributed by atoms with Crippen molar-refractivity contribution in [2.24, 2.45) is 0 Å². The van der Waals surface area contributed by atoms with E-state index in [1.165, 1.54) is 4.68 Å². The Hall–Kier alpha value is -2.30. The first-order chi connectivity index (χ1) is 7.33. The Morgan fingerprint density at radius 1 is 1.20 bits per heavy atom. The largest absolute Gasteiger partial charge is 0.422 e. The Morgan fingerprint density at radius 3 is 2.80 bits per heavy atom. The summed E-state index contributed by atoms with van der Waals surface area (Å²) in [4.78, 5) is 4.27. The van der Waals surface area contributed by atoms with Crippen LogP contribution in [0.3, 0.4) is 0 Å². The predicted octanol–water partition coefficient (Wildman–Crippen LogP) is 1.60. The smallest absolute Gasteiger partial charge is 0.323 e. The molecule has 2 N–H and O–H groups in total. The number of fused-ring (bicyclic) bond motifs is 1. The molecule has 3 aromatic rings. The lowest BCUT2D eigenvalue weighted by Gasteiger charge is -1.90. The Labute approximate surface area is 85.1 Å². The van der Waals surface area contributed by atoms with E-state index in [2.05, 4.69) is 10.1 Å². The number of hydrogen-bond donors (Lipinski definition) is 1. The summed E-state index contributed by atoms with van der Waals surface area (Å²) >= 11 is 0. The third-order valence-corrected chi connectivity index (χ3v) is 2.09. The number of oxazole rings is 1. The summed E-state index contributed by atoms with van der Waals surface area (Å²) in [6.45, 7) is 0. The summed E-state index contributed by atoms with van der Waals surface area (Å²) in [7, 11) is 0. The number of nitrogens with two attached hydrogens (primary N) is 1. The molecule has 2 aromatic heterocycles. The van der Waals surface area contributed by atoms with Crippen LogP contribution in [0.25, 0.3) is 17.1 Å². The quantitative estimate of drug-likeness (QED) is 0.647. The number of rotatable bonds is 1. The molecule has 3 rings (SSSR count). The van der Waals surface area contributed by atoms with E-state index >= 15 is 0 Å². The fourth-order valence-corrected chi connectivity index (χ4v) is 1.40. The minimum absolute atomic E-state index is 0.424. The van der Waals surface area contributed by atoms with E-state index in [4.69, 9.17) is 10.2 Å². The highest BCUT2D eigenvalue weighted by Crippen LogP contribution is 2.17. The highest BCUT2D eigenvalue weighted by atomic mass is 16.4. The molecule has 0 amide bonds. The lowest BCUT2D eigenvalue weighted by molar-refractivity contribution is 0.544. The van der Waals surface area contributed by atoms with E-state index in [-0.39, 0.29) is 0 Å². The minimum Gasteiger partial charge on any atom is -0.422 e. The summed E-state index contributed by atoms with van der Waals surface area (Å²) in [5.74, 6) is 0.442. The van der Waals surface area contributed by atoms with Gasteiger partial charge in [-0.1, -0.05) is 12.1 Å². The first-order valence-corrected chi connectivity index (χ1v) is 4.50. The average molecular weight is 200 g/mol. The Balaban J connectivity index is 2.19. The van der Waals surface area contributed by atoms with Crippen LogP contribution in [0, 0.1) is 0 Å². The molecule has 0 bridgehead atoms. The molecule has 0 spiro atoms. The van der Waals surface area contributed by atoms with Gasteiger partial charge in [-0.15, -0.1) is 5.10 Å². The standard InChI is InChI=1S/C10H8N4O/c11-9-5-6-14(13-9)10-12-7-3-1-2-4-8(7)15-10/h1-6H,(H2,11,13). The highest BCUT2D eigenvalue weighted by molar-refractivity contribution is 5.73. The van der Waals surface area contributed by atoms with Crippen LogP contribution in [-0.4, -0.2) is 14.8 Å². The van der Waals surface area contributed by atoms with Crippen molar-refractivity contribution in [1.29, 1.82) is 0 Å². The van der Waals surface area contributed by atoms with Crippen molar-refractivity contribution >= 4 is 16.9 Å². The zero-order valence-corrected chi connectivity index (χ0v) is 7.79. The van der Waals surface area contributed by atoms with Crippen molar-refractivity contribution in [3.05, 3.63) is 36.5 Å². The number of hydrogen-bond acceptors (Lipinski definition) is 4. The van der Waals surface area contributed by atoms with E-state index < -0.39 is 0 Å². The predicted molar refractivity (Wildman–Crippen MR) is 55.5 cm³/mol. The number of anilines is 1. The molecule has 0 saturated heterocycles. The third kappa shape index (κ3) is 1.25. The molecule has 5 nitrogen and oxygen atoms in total. The zero-order valence-electron chi connectivity index (χ0n) is 7.79. The van der Waals surface area contributed by atoms with Gasteiger partial charge in [0.15, 0.2) is 5.58 Å². The van der Waals surface area contributed by atoms with Gasteiger partial charge in [0.25, 0.3) is 0 Å². The lowest BCUT2D eigenvalue weighted by atomic mass is 10.3. The molecule has 0 fully saturated rings. The van der Waals surface area contributed by atoms with Gasteiger partial charge in [-0.2, -0.15) is 9.67 Å². The summed E-state index contributed by atoms with van der Waals surface area (Å²) in [5, 5.41) is 4.01. The van der Waals surface area contributed by atoms with E-state index in [1.807, 2.05) is 24.3 Å². The summed E-state index contributed by atoms with van der Waals surface area (Å²) in [5.41, 5.74) is 7.05. The molecular formula is C10H8N4O. The molecule has 0 radical (unpaired) electrons. The van der Waals surface area contributed by atoms with Crippen LogP contribution in [0.5, 0.6) is 0 Å². The SMILES string of the molecule is Nc1ccn(-c2nc3ccccc3o2)n1. The van der Waals surface area contributed by atoms with Crippen LogP contribution in [0.2, 0.25) is 0 Å². The van der Waals surface area contributed by atoms with Gasteiger partial charge in [0.2, 0.25) is 0 Å². The van der Waals surface area contributed by atoms with Crippen LogP contribution < -0.4 is 5.73 Å². The molecule has 0 atom stereocenters. The summed E-state index contributed by atoms with van der Waals surface area (Å²) in [6, 6.07) is 9.66. The molecule has 0 aliphatic heterocycles. The first kappa shape index (κ1) is 8.05. The van der Waals surface area contributed by atoms with Crippen molar-refractivity contribution in [3.8, 4) is 6.01 Å². The number of nitrogen functional groups attached to an aromatic ring is 1. The molecule has 74 valence electrons. The van der Waals surface area contributed by atoms with Crippen LogP contribution in [0.4, 0.5) is 5.82 Å². The molecule has 5 heteroatoms. The summed E-state index contributed by atoms with van der Waals surface area (Å²) in [6.07, 6.45) is 1.71. The molecule has 1 aromatic carbocycles. The second-order valence-electron chi connectivity index (χ2n) is 3.15. The number of benzene rings is 1. The van der Waals surface area contributed by atoms with Gasteiger partial charge in [-0.3, -0.25) is 0 Å². The van der Waals surface area contributed by atoms with Gasteiger partial charge in [-0.25, -0.2) is 0 Å². The maximum atomic E-state index is 5.51. The van der Waals surface area contributed by atoms with Crippen LogP contribution in [-0.2, 0) is 0 Å². The Kier molecular flexibility index (Phi) is 1.53. The van der Waals surface area contributed by atoms with E-state index in [9.17, 15) is 0 Å². The van der Waals surface area contributed by atoms with Gasteiger partial charge in [0.1, 0.15) is 11.3 Å². The molecule has 0 aliphatic carbocycles. The molecule has 0 saturated carbocycles. The van der Waals surface area contributed by atoms with Crippen LogP contribution in [0.1, 0.15) is 0 Å². The number of nitrogens with zero attached hydrogens (tertiary/aromatic N) is 3. The Bertz CT molecular complexity index is 577. The van der Waals surface area contributed by atoms with Crippen LogP contribution in [0.15, 0.2) is 40.9 Å². The third-order valence-electron chi connectivity index (χ3n) is 2.09. The van der Waals surface area contributed by atoms with Crippen molar-refractivity contribution in [1.82, 2.24) is 14.8 Å². The van der Waals surface area contributed by atoms with Crippen molar-refractivity contribution in [3.63, 3.8) is 0 Å². The van der Waals surface area contributed by atoms with Crippen molar-refractivity contribution < 1.29 is 4.42 Å². The van der Waals surface area contributed by atoms with E-state index in [1.54, 1.807) is 12.3 Å². The Morgan fingerprint density at radius 2 is 2.07 bits per heavy atom. The zero-order chi connectivity index (χ0) is 10.3. The van der Waals surface area contributed by atoms with E-state index in [0.29, 0.717) is 11.8 Å². The number of aromatic nitrogens is 3. The maximum Gasteiger partial charge on any atom is 0.323 e. The molecule has 15 heavy (non-hydrogen) atoms. The van der Waals surface area contributed by atoms with Gasteiger partial charge < -0.3 is 10.2 Å². The van der Waals surface area contributed by atoms with E-state index in [0.717, 1.165) is 11.1 Å². The fraction of sp³-hybridized carbons (Fsp3) is 0. The normalized spacial score (nSPS) is 10.9. The number of para-hydroxylation sites is 2. The second-order valence-corrected chi connectivity index (χ2v) is 3.15. The maximum absolute atomic E-state index is 5.51. The van der Waals surface area contributed by atoms with Gasteiger partial charge >= 0.3 is 6.01 Å². The van der Waals surface area contributed by atoms with Crippen molar-refractivity contribution in [2.75, 3.05) is 5.73 Å². The second kappa shape index (κ2) is 2.84. The summed E-state index contributed by atoms with van der Waals surface area (Å²) < 4.78 is 7.01. The van der Waals surface area contributed by atoms with Gasteiger partial charge in [-0.05, 0) is 12.1 Å². The van der Waals surface area contributed by atoms with Crippen molar-refractivity contribution in [2.45, 2.75) is 0 Å². The average Bonchev–Trinajstić information content (AvgIpc) is 2.82. The minimum atomic E-state index is 0.424. The van der Waals surface area contributed by atoms with Gasteiger partial charge in [0.05, 0.1) is 0 Å². The molecular weight excluding hydrogens is 192 g/mol. The highest BCUT2D eigenvalue weighted by Gasteiger charge is 2.07. The fourth-order valence-electron chi connectivity index (χ4n) is 1.40. The van der Waals surface area contributed by atoms with Crippen LogP contribution >= 0.6 is 0 Å². The monoisotopic (exact) mass is 200 g/mol. The topological polar surface area (TPSA) is 69.9 Å². The molecule has 0 unspecified atom stereocenters.